The van der Waals surface area contributed by atoms with Gasteiger partial charge in [0.25, 0.3) is 0 Å². The van der Waals surface area contributed by atoms with Crippen LogP contribution in [-0.4, -0.2) is 49.1 Å². The average Bonchev–Trinajstić information content (AvgIpc) is 3.29. The van der Waals surface area contributed by atoms with E-state index in [-0.39, 0.29) is 16.4 Å². The second kappa shape index (κ2) is 10.5. The number of carboxylic acids is 1. The van der Waals surface area contributed by atoms with Crippen LogP contribution >= 0.6 is 23.8 Å². The number of nitrogens with one attached hydrogen (secondary N) is 2. The van der Waals surface area contributed by atoms with Crippen LogP contribution in [0.1, 0.15) is 30.9 Å². The fourth-order valence-corrected chi connectivity index (χ4v) is 5.48. The number of anilines is 1. The van der Waals surface area contributed by atoms with Crippen LogP contribution < -0.4 is 15.4 Å². The summed E-state index contributed by atoms with van der Waals surface area (Å²) in [6, 6.07) is 10.7. The molecular weight excluding hydrogens is 474 g/mol. The monoisotopic (exact) mass is 497 g/mol. The number of halogens is 1. The molecule has 1 heterocycles. The smallest absolute Gasteiger partial charge is 0.305 e. The van der Waals surface area contributed by atoms with E-state index in [0.29, 0.717) is 35.1 Å². The van der Waals surface area contributed by atoms with E-state index in [2.05, 4.69) is 10.6 Å². The molecule has 1 atom stereocenters. The molecule has 3 rings (SSSR count). The summed E-state index contributed by atoms with van der Waals surface area (Å²) in [5, 5.41) is 15.8. The molecule has 1 fully saturated rings. The van der Waals surface area contributed by atoms with Crippen LogP contribution in [0.2, 0.25) is 5.02 Å². The normalized spacial score (nSPS) is 15.2. The van der Waals surface area contributed by atoms with Gasteiger partial charge in [0.15, 0.2) is 5.11 Å². The van der Waals surface area contributed by atoms with E-state index in [1.165, 1.54) is 23.5 Å². The molecule has 0 radical (unpaired) electrons. The van der Waals surface area contributed by atoms with Crippen molar-refractivity contribution in [1.29, 1.82) is 0 Å². The van der Waals surface area contributed by atoms with Gasteiger partial charge in [-0.3, -0.25) is 4.79 Å². The highest BCUT2D eigenvalue weighted by Gasteiger charge is 2.28. The van der Waals surface area contributed by atoms with Gasteiger partial charge in [0.05, 0.1) is 30.2 Å². The topological polar surface area (TPSA) is 108 Å². The van der Waals surface area contributed by atoms with Crippen molar-refractivity contribution in [2.75, 3.05) is 25.5 Å². The quantitative estimate of drug-likeness (QED) is 0.474. The van der Waals surface area contributed by atoms with Gasteiger partial charge in [0.1, 0.15) is 5.75 Å². The molecule has 1 aliphatic rings. The second-order valence-electron chi connectivity index (χ2n) is 7.28. The number of hydrogen-bond donors (Lipinski definition) is 3. The molecule has 0 bridgehead atoms. The van der Waals surface area contributed by atoms with Gasteiger partial charge in [-0.05, 0) is 61.0 Å². The minimum absolute atomic E-state index is 0.116. The zero-order valence-electron chi connectivity index (χ0n) is 17.4. The maximum Gasteiger partial charge on any atom is 0.305 e. The maximum atomic E-state index is 12.9. The number of thiocarbonyl (C=S) groups is 1. The Morgan fingerprint density at radius 2 is 1.97 bits per heavy atom. The predicted octanol–water partition coefficient (Wildman–Crippen LogP) is 3.64. The number of hydrogen-bond acceptors (Lipinski definition) is 5. The number of nitrogens with zero attached hydrogens (tertiary/aromatic N) is 1. The van der Waals surface area contributed by atoms with Crippen molar-refractivity contribution in [1.82, 2.24) is 9.62 Å². The Kier molecular flexibility index (Phi) is 7.94. The number of carbonyl (C=O) groups is 1. The number of sulfonamides is 1. The van der Waals surface area contributed by atoms with E-state index in [0.717, 1.165) is 12.8 Å². The van der Waals surface area contributed by atoms with Crippen LogP contribution in [0, 0.1) is 0 Å². The van der Waals surface area contributed by atoms with E-state index in [9.17, 15) is 18.3 Å². The van der Waals surface area contributed by atoms with Gasteiger partial charge in [0, 0.05) is 18.1 Å². The number of carboxylic acid groups (broad SMARTS) is 1. The van der Waals surface area contributed by atoms with Crippen molar-refractivity contribution < 1.29 is 23.1 Å². The van der Waals surface area contributed by atoms with Gasteiger partial charge in [0.2, 0.25) is 10.0 Å². The molecule has 0 spiro atoms. The van der Waals surface area contributed by atoms with E-state index in [4.69, 9.17) is 28.6 Å². The highest BCUT2D eigenvalue weighted by molar-refractivity contribution is 7.89. The number of ether oxygens (including phenoxy) is 1. The molecule has 32 heavy (non-hydrogen) atoms. The Morgan fingerprint density at radius 1 is 1.25 bits per heavy atom. The summed E-state index contributed by atoms with van der Waals surface area (Å²) in [5.74, 6) is -0.617. The van der Waals surface area contributed by atoms with Crippen LogP contribution in [0.5, 0.6) is 5.75 Å². The van der Waals surface area contributed by atoms with Crippen molar-refractivity contribution in [2.24, 2.45) is 0 Å². The van der Waals surface area contributed by atoms with Gasteiger partial charge < -0.3 is 20.5 Å². The third-order valence-electron chi connectivity index (χ3n) is 5.06. The van der Waals surface area contributed by atoms with Crippen molar-refractivity contribution in [3.8, 4) is 5.75 Å². The predicted molar refractivity (Wildman–Crippen MR) is 127 cm³/mol. The van der Waals surface area contributed by atoms with Crippen LogP contribution in [0.15, 0.2) is 47.4 Å². The summed E-state index contributed by atoms with van der Waals surface area (Å²) in [7, 11) is -2.16. The molecular formula is C21H24ClN3O5S2. The summed E-state index contributed by atoms with van der Waals surface area (Å²) in [5.41, 5.74) is 1.01. The van der Waals surface area contributed by atoms with E-state index in [1.54, 1.807) is 30.3 Å². The van der Waals surface area contributed by atoms with Crippen LogP contribution in [0.4, 0.5) is 5.69 Å². The summed E-state index contributed by atoms with van der Waals surface area (Å²) in [4.78, 5) is 11.5. The number of methoxy groups -OCH3 is 1. The van der Waals surface area contributed by atoms with Crippen molar-refractivity contribution in [3.05, 3.63) is 53.1 Å². The third kappa shape index (κ3) is 5.89. The zero-order valence-corrected chi connectivity index (χ0v) is 19.8. The minimum Gasteiger partial charge on any atom is -0.495 e. The first-order valence-electron chi connectivity index (χ1n) is 9.93. The largest absolute Gasteiger partial charge is 0.495 e. The van der Waals surface area contributed by atoms with E-state index in [1.807, 2.05) is 0 Å². The summed E-state index contributed by atoms with van der Waals surface area (Å²) < 4.78 is 32.6. The molecule has 1 saturated heterocycles. The minimum atomic E-state index is -3.63. The summed E-state index contributed by atoms with van der Waals surface area (Å²) in [6.45, 7) is 0.987. The standard InChI is InChI=1S/C21H24ClN3O5S2/c1-30-19-8-7-16(32(28,29)25-9-2-3-10-25)12-18(19)24-21(31)23-17(13-20(26)27)14-5-4-6-15(22)11-14/h4-8,11-12,17H,2-3,9-10,13H2,1H3,(H,26,27)(H2,23,24,31). The highest BCUT2D eigenvalue weighted by Crippen LogP contribution is 2.30. The molecule has 172 valence electrons. The number of aliphatic carboxylic acids is 1. The van der Waals surface area contributed by atoms with Crippen molar-refractivity contribution in [3.63, 3.8) is 0 Å². The summed E-state index contributed by atoms with van der Waals surface area (Å²) >= 11 is 11.4. The molecule has 2 aromatic carbocycles. The second-order valence-corrected chi connectivity index (χ2v) is 10.1. The lowest BCUT2D eigenvalue weighted by Crippen LogP contribution is -2.34. The Hall–Kier alpha value is -2.40. The first kappa shape index (κ1) is 24.2. The first-order valence-corrected chi connectivity index (χ1v) is 12.2. The molecule has 0 aromatic heterocycles. The van der Waals surface area contributed by atoms with Gasteiger partial charge in [-0.25, -0.2) is 8.42 Å². The van der Waals surface area contributed by atoms with Crippen molar-refractivity contribution >= 4 is 50.6 Å². The summed E-state index contributed by atoms with van der Waals surface area (Å²) in [6.07, 6.45) is 1.44. The van der Waals surface area contributed by atoms with Crippen LogP contribution in [0.3, 0.4) is 0 Å². The average molecular weight is 498 g/mol. The lowest BCUT2D eigenvalue weighted by Gasteiger charge is -2.22. The lowest BCUT2D eigenvalue weighted by atomic mass is 10.0. The third-order valence-corrected chi connectivity index (χ3v) is 7.41. The molecule has 0 aliphatic carbocycles. The van der Waals surface area contributed by atoms with E-state index < -0.39 is 22.0 Å². The number of benzene rings is 2. The van der Waals surface area contributed by atoms with Crippen molar-refractivity contribution in [2.45, 2.75) is 30.2 Å². The molecule has 3 N–H and O–H groups in total. The molecule has 8 nitrogen and oxygen atoms in total. The van der Waals surface area contributed by atoms with Gasteiger partial charge >= 0.3 is 5.97 Å². The fourth-order valence-electron chi connectivity index (χ4n) is 3.49. The SMILES string of the molecule is COc1ccc(S(=O)(=O)N2CCCC2)cc1NC(=S)NC(CC(=O)O)c1cccc(Cl)c1. The Labute approximate surface area is 197 Å². The molecule has 0 saturated carbocycles. The maximum absolute atomic E-state index is 12.9. The Balaban J connectivity index is 1.82. The molecule has 1 unspecified atom stereocenters. The van der Waals surface area contributed by atoms with Crippen LogP contribution in [-0.2, 0) is 14.8 Å². The highest BCUT2D eigenvalue weighted by atomic mass is 35.5. The molecule has 2 aromatic rings. The first-order chi connectivity index (χ1) is 15.2. The van der Waals surface area contributed by atoms with E-state index >= 15 is 0 Å². The lowest BCUT2D eigenvalue weighted by molar-refractivity contribution is -0.137. The Morgan fingerprint density at radius 3 is 2.59 bits per heavy atom. The number of rotatable bonds is 8. The van der Waals surface area contributed by atoms with Gasteiger partial charge in [-0.1, -0.05) is 23.7 Å². The van der Waals surface area contributed by atoms with Crippen LogP contribution in [0.25, 0.3) is 0 Å². The Bertz CT molecular complexity index is 1100. The van der Waals surface area contributed by atoms with Gasteiger partial charge in [-0.2, -0.15) is 4.31 Å². The molecule has 11 heteroatoms. The molecule has 1 aliphatic heterocycles. The van der Waals surface area contributed by atoms with Gasteiger partial charge in [-0.15, -0.1) is 0 Å². The molecule has 0 amide bonds. The zero-order chi connectivity index (χ0) is 23.3. The fraction of sp³-hybridized carbons (Fsp3) is 0.333.